The van der Waals surface area contributed by atoms with Crippen LogP contribution in [-0.4, -0.2) is 30.0 Å². The standard InChI is InChI=1S/C9H13F2N/c10-9(11)4-12(5-9)8-2-6-1-7(6)3-8/h6-8H,1-5H2. The minimum Gasteiger partial charge on any atom is -0.288 e. The highest BCUT2D eigenvalue weighted by atomic mass is 19.3. The van der Waals surface area contributed by atoms with Gasteiger partial charge in [-0.05, 0) is 31.1 Å². The van der Waals surface area contributed by atoms with Crippen LogP contribution in [0.25, 0.3) is 0 Å². The average molecular weight is 173 g/mol. The monoisotopic (exact) mass is 173 g/mol. The Balaban J connectivity index is 1.56. The topological polar surface area (TPSA) is 3.24 Å². The van der Waals surface area contributed by atoms with Crippen molar-refractivity contribution in [3.8, 4) is 0 Å². The van der Waals surface area contributed by atoms with Gasteiger partial charge in [-0.25, -0.2) is 8.78 Å². The summed E-state index contributed by atoms with van der Waals surface area (Å²) in [5, 5.41) is 0. The molecule has 0 radical (unpaired) electrons. The highest BCUT2D eigenvalue weighted by Crippen LogP contribution is 2.54. The molecule has 12 heavy (non-hydrogen) atoms. The molecule has 2 unspecified atom stereocenters. The second kappa shape index (κ2) is 2.00. The predicted octanol–water partition coefficient (Wildman–Crippen LogP) is 1.74. The molecular formula is C9H13F2N. The number of likely N-dealkylation sites (tertiary alicyclic amines) is 1. The SMILES string of the molecule is FC1(F)CN(C2CC3CC3C2)C1. The molecule has 0 bridgehead atoms. The van der Waals surface area contributed by atoms with Crippen molar-refractivity contribution in [2.24, 2.45) is 11.8 Å². The molecule has 1 nitrogen and oxygen atoms in total. The molecule has 3 aliphatic rings. The largest absolute Gasteiger partial charge is 0.288 e. The molecule has 3 heteroatoms. The van der Waals surface area contributed by atoms with Crippen LogP contribution in [0.15, 0.2) is 0 Å². The first-order valence-corrected chi connectivity index (χ1v) is 4.76. The van der Waals surface area contributed by atoms with Crippen molar-refractivity contribution >= 4 is 0 Å². The first-order valence-electron chi connectivity index (χ1n) is 4.76. The summed E-state index contributed by atoms with van der Waals surface area (Å²) in [6.07, 6.45) is 3.77. The van der Waals surface area contributed by atoms with Crippen molar-refractivity contribution in [3.63, 3.8) is 0 Å². The van der Waals surface area contributed by atoms with Crippen LogP contribution in [0.3, 0.4) is 0 Å². The van der Waals surface area contributed by atoms with E-state index >= 15 is 0 Å². The number of alkyl halides is 2. The van der Waals surface area contributed by atoms with Crippen LogP contribution in [0, 0.1) is 11.8 Å². The van der Waals surface area contributed by atoms with Crippen LogP contribution in [0.4, 0.5) is 8.78 Å². The van der Waals surface area contributed by atoms with Crippen LogP contribution in [0.5, 0.6) is 0 Å². The lowest BCUT2D eigenvalue weighted by molar-refractivity contribution is -0.146. The van der Waals surface area contributed by atoms with E-state index < -0.39 is 5.92 Å². The van der Waals surface area contributed by atoms with Gasteiger partial charge in [0.25, 0.3) is 5.92 Å². The summed E-state index contributed by atoms with van der Waals surface area (Å²) in [5.74, 6) is -0.555. The van der Waals surface area contributed by atoms with E-state index in [2.05, 4.69) is 0 Å². The van der Waals surface area contributed by atoms with Gasteiger partial charge in [-0.1, -0.05) is 0 Å². The molecule has 1 aliphatic heterocycles. The fourth-order valence-corrected chi connectivity index (χ4v) is 2.79. The minimum atomic E-state index is -2.37. The zero-order chi connectivity index (χ0) is 8.34. The highest BCUT2D eigenvalue weighted by Gasteiger charge is 2.53. The van der Waals surface area contributed by atoms with Crippen molar-refractivity contribution in [1.29, 1.82) is 0 Å². The Bertz CT molecular complexity index is 199. The van der Waals surface area contributed by atoms with Gasteiger partial charge in [0.1, 0.15) is 0 Å². The number of fused-ring (bicyclic) bond motifs is 1. The molecule has 2 saturated carbocycles. The minimum absolute atomic E-state index is 0.0249. The fourth-order valence-electron chi connectivity index (χ4n) is 2.79. The van der Waals surface area contributed by atoms with Crippen LogP contribution >= 0.6 is 0 Å². The Morgan fingerprint density at radius 1 is 1.00 bits per heavy atom. The first-order chi connectivity index (χ1) is 5.64. The summed E-state index contributed by atoms with van der Waals surface area (Å²) in [6, 6.07) is 0.508. The predicted molar refractivity (Wildman–Crippen MR) is 41.1 cm³/mol. The van der Waals surface area contributed by atoms with E-state index in [0.717, 1.165) is 11.8 Å². The van der Waals surface area contributed by atoms with E-state index in [-0.39, 0.29) is 13.1 Å². The molecule has 2 aliphatic carbocycles. The lowest BCUT2D eigenvalue weighted by Crippen LogP contribution is -2.59. The van der Waals surface area contributed by atoms with Crippen molar-refractivity contribution in [3.05, 3.63) is 0 Å². The smallest absolute Gasteiger partial charge is 0.272 e. The normalized spacial score (nSPS) is 50.0. The van der Waals surface area contributed by atoms with Crippen LogP contribution in [0.2, 0.25) is 0 Å². The lowest BCUT2D eigenvalue weighted by atomic mass is 10.0. The van der Waals surface area contributed by atoms with Crippen molar-refractivity contribution < 1.29 is 8.78 Å². The summed E-state index contributed by atoms with van der Waals surface area (Å²) in [5.41, 5.74) is 0. The Morgan fingerprint density at radius 3 is 2.08 bits per heavy atom. The molecule has 0 amide bonds. The molecule has 0 aromatic carbocycles. The second-order valence-corrected chi connectivity index (χ2v) is 4.64. The molecular weight excluding hydrogens is 160 g/mol. The van der Waals surface area contributed by atoms with Gasteiger partial charge in [-0.3, -0.25) is 4.90 Å². The van der Waals surface area contributed by atoms with E-state index in [1.165, 1.54) is 19.3 Å². The number of rotatable bonds is 1. The Kier molecular flexibility index (Phi) is 1.21. The zero-order valence-corrected chi connectivity index (χ0v) is 6.97. The number of nitrogens with zero attached hydrogens (tertiary/aromatic N) is 1. The third kappa shape index (κ3) is 0.987. The molecule has 3 fully saturated rings. The molecule has 0 aromatic rings. The fraction of sp³-hybridized carbons (Fsp3) is 1.00. The third-order valence-electron chi connectivity index (χ3n) is 3.60. The molecule has 0 spiro atoms. The number of hydrogen-bond acceptors (Lipinski definition) is 1. The molecule has 0 N–H and O–H groups in total. The summed E-state index contributed by atoms with van der Waals surface area (Å²) in [4.78, 5) is 1.96. The Labute approximate surface area is 70.7 Å². The lowest BCUT2D eigenvalue weighted by Gasteiger charge is -2.43. The molecule has 3 rings (SSSR count). The van der Waals surface area contributed by atoms with Gasteiger partial charge in [0.2, 0.25) is 0 Å². The summed E-state index contributed by atoms with van der Waals surface area (Å²) < 4.78 is 25.0. The van der Waals surface area contributed by atoms with Crippen molar-refractivity contribution in [2.45, 2.75) is 31.2 Å². The maximum atomic E-state index is 12.5. The van der Waals surface area contributed by atoms with E-state index in [0.29, 0.717) is 6.04 Å². The quantitative estimate of drug-likeness (QED) is 0.583. The maximum Gasteiger partial charge on any atom is 0.272 e. The van der Waals surface area contributed by atoms with Crippen LogP contribution in [0.1, 0.15) is 19.3 Å². The Hall–Kier alpha value is -0.180. The Morgan fingerprint density at radius 2 is 1.58 bits per heavy atom. The van der Waals surface area contributed by atoms with Crippen LogP contribution < -0.4 is 0 Å². The maximum absolute atomic E-state index is 12.5. The molecule has 68 valence electrons. The van der Waals surface area contributed by atoms with Gasteiger partial charge < -0.3 is 0 Å². The van der Waals surface area contributed by atoms with Gasteiger partial charge in [-0.2, -0.15) is 0 Å². The second-order valence-electron chi connectivity index (χ2n) is 4.64. The van der Waals surface area contributed by atoms with Gasteiger partial charge in [0.05, 0.1) is 13.1 Å². The molecule has 2 atom stereocenters. The molecule has 1 heterocycles. The van der Waals surface area contributed by atoms with E-state index in [9.17, 15) is 8.78 Å². The van der Waals surface area contributed by atoms with Crippen molar-refractivity contribution in [1.82, 2.24) is 4.90 Å². The molecule has 0 aromatic heterocycles. The van der Waals surface area contributed by atoms with Gasteiger partial charge in [0, 0.05) is 6.04 Å². The van der Waals surface area contributed by atoms with Gasteiger partial charge >= 0.3 is 0 Å². The molecule has 1 saturated heterocycles. The van der Waals surface area contributed by atoms with E-state index in [1.807, 2.05) is 4.90 Å². The van der Waals surface area contributed by atoms with Crippen molar-refractivity contribution in [2.75, 3.05) is 13.1 Å². The highest BCUT2D eigenvalue weighted by molar-refractivity contribution is 5.03. The van der Waals surface area contributed by atoms with Gasteiger partial charge in [0.15, 0.2) is 0 Å². The average Bonchev–Trinajstić information content (AvgIpc) is 2.54. The zero-order valence-electron chi connectivity index (χ0n) is 6.97. The first kappa shape index (κ1) is 7.25. The number of halogens is 2. The van der Waals surface area contributed by atoms with Crippen LogP contribution in [-0.2, 0) is 0 Å². The summed E-state index contributed by atoms with van der Waals surface area (Å²) in [6.45, 7) is 0.0498. The summed E-state index contributed by atoms with van der Waals surface area (Å²) >= 11 is 0. The summed E-state index contributed by atoms with van der Waals surface area (Å²) in [7, 11) is 0. The third-order valence-corrected chi connectivity index (χ3v) is 3.60. The van der Waals surface area contributed by atoms with Gasteiger partial charge in [-0.15, -0.1) is 0 Å². The number of hydrogen-bond donors (Lipinski definition) is 0. The van der Waals surface area contributed by atoms with E-state index in [1.54, 1.807) is 0 Å². The van der Waals surface area contributed by atoms with E-state index in [4.69, 9.17) is 0 Å².